The van der Waals surface area contributed by atoms with Crippen LogP contribution in [-0.2, 0) is 0 Å². The Labute approximate surface area is 131 Å². The van der Waals surface area contributed by atoms with Gasteiger partial charge in [0.25, 0.3) is 0 Å². The van der Waals surface area contributed by atoms with E-state index in [1.807, 2.05) is 39.8 Å². The molecule has 0 bridgehead atoms. The molecule has 0 aromatic rings. The molecule has 2 nitrogen and oxygen atoms in total. The van der Waals surface area contributed by atoms with Gasteiger partial charge in [-0.05, 0) is 26.0 Å². The van der Waals surface area contributed by atoms with E-state index in [1.165, 1.54) is 0 Å². The molecule has 0 unspecified atom stereocenters. The fourth-order valence-corrected chi connectivity index (χ4v) is 0.868. The summed E-state index contributed by atoms with van der Waals surface area (Å²) >= 11 is 0. The summed E-state index contributed by atoms with van der Waals surface area (Å²) < 4.78 is 0. The Morgan fingerprint density at radius 2 is 1.65 bits per heavy atom. The zero-order chi connectivity index (χ0) is 11.7. The predicted molar refractivity (Wildman–Crippen MR) is 75.1 cm³/mol. The van der Waals surface area contributed by atoms with E-state index in [0.717, 1.165) is 29.9 Å². The van der Waals surface area contributed by atoms with Crippen LogP contribution in [0.4, 0.5) is 0 Å². The molecular weight excluding hydrogens is 434 g/mol. The van der Waals surface area contributed by atoms with Crippen LogP contribution in [0.1, 0.15) is 47.5 Å². The third kappa shape index (κ3) is 12.1. The van der Waals surface area contributed by atoms with Crippen LogP contribution < -0.4 is 0 Å². The second kappa shape index (κ2) is 13.9. The summed E-state index contributed by atoms with van der Waals surface area (Å²) in [6.07, 6.45) is 8.93. The smallest absolute Gasteiger partial charge is 0.455 e. The normalized spacial score (nSPS) is 13.4. The minimum absolute atomic E-state index is 0. The summed E-state index contributed by atoms with van der Waals surface area (Å²) in [7, 11) is 0. The SMILES string of the molecule is C/C=C(/C)N=[C-]C(CCC)=N/C(C)=C\C.[CH3-].[U+2]. The van der Waals surface area contributed by atoms with Gasteiger partial charge in [-0.15, -0.1) is 18.0 Å². The fraction of sp³-hybridized carbons (Fsp3) is 0.500. The molecular formula is C14H24N2U. The second-order valence-electron chi connectivity index (χ2n) is 3.39. The fourth-order valence-electron chi connectivity index (χ4n) is 0.868. The summed E-state index contributed by atoms with van der Waals surface area (Å²) in [5.41, 5.74) is 2.91. The van der Waals surface area contributed by atoms with E-state index in [4.69, 9.17) is 0 Å². The van der Waals surface area contributed by atoms with Gasteiger partial charge in [-0.3, -0.25) is 4.99 Å². The van der Waals surface area contributed by atoms with E-state index in [1.54, 1.807) is 0 Å². The first kappa shape index (κ1) is 22.1. The number of nitrogens with zero attached hydrogens (tertiary/aromatic N) is 2. The van der Waals surface area contributed by atoms with Gasteiger partial charge in [0.15, 0.2) is 0 Å². The first-order valence-corrected chi connectivity index (χ1v) is 5.44. The molecule has 0 N–H and O–H groups in total. The molecule has 0 heterocycles. The number of aliphatic imine (C=N–C) groups is 2. The van der Waals surface area contributed by atoms with E-state index < -0.39 is 0 Å². The summed E-state index contributed by atoms with van der Waals surface area (Å²) in [6.45, 7) is 10.0. The van der Waals surface area contributed by atoms with Crippen molar-refractivity contribution in [3.63, 3.8) is 0 Å². The molecule has 94 valence electrons. The first-order valence-electron chi connectivity index (χ1n) is 5.44. The average molecular weight is 458 g/mol. The molecule has 0 spiro atoms. The Morgan fingerprint density at radius 1 is 1.12 bits per heavy atom. The van der Waals surface area contributed by atoms with Crippen LogP contribution in [0, 0.1) is 38.5 Å². The molecule has 0 radical (unpaired) electrons. The Balaban J connectivity index is -0.000000980. The van der Waals surface area contributed by atoms with E-state index in [2.05, 4.69) is 23.1 Å². The second-order valence-corrected chi connectivity index (χ2v) is 3.39. The maximum atomic E-state index is 4.44. The Hall–Kier alpha value is -0.128. The summed E-state index contributed by atoms with van der Waals surface area (Å²) in [6, 6.07) is 0. The van der Waals surface area contributed by atoms with Gasteiger partial charge in [-0.25, -0.2) is 0 Å². The number of hydrogen-bond acceptors (Lipinski definition) is 2. The van der Waals surface area contributed by atoms with Crippen LogP contribution in [0.25, 0.3) is 0 Å². The summed E-state index contributed by atoms with van der Waals surface area (Å²) in [5.74, 6) is 0. The molecule has 0 aliphatic carbocycles. The number of hydrogen-bond donors (Lipinski definition) is 0. The van der Waals surface area contributed by atoms with Crippen molar-refractivity contribution in [1.82, 2.24) is 0 Å². The molecule has 0 atom stereocenters. The van der Waals surface area contributed by atoms with Gasteiger partial charge in [0.1, 0.15) is 0 Å². The maximum Gasteiger partial charge on any atom is 2.00 e. The topological polar surface area (TPSA) is 24.7 Å². The van der Waals surface area contributed by atoms with Gasteiger partial charge < -0.3 is 12.4 Å². The van der Waals surface area contributed by atoms with Gasteiger partial charge in [0, 0.05) is 5.70 Å². The Bertz CT molecular complexity index is 299. The molecule has 17 heavy (non-hydrogen) atoms. The molecule has 0 rings (SSSR count). The van der Waals surface area contributed by atoms with Crippen molar-refractivity contribution < 1.29 is 31.1 Å². The van der Waals surface area contributed by atoms with Crippen LogP contribution in [0.3, 0.4) is 0 Å². The molecule has 0 aliphatic heterocycles. The maximum absolute atomic E-state index is 4.44. The monoisotopic (exact) mass is 458 g/mol. The van der Waals surface area contributed by atoms with Gasteiger partial charge in [-0.1, -0.05) is 33.3 Å². The van der Waals surface area contributed by atoms with Gasteiger partial charge in [0.2, 0.25) is 0 Å². The number of allylic oxidation sites excluding steroid dienone is 4. The van der Waals surface area contributed by atoms with E-state index >= 15 is 0 Å². The van der Waals surface area contributed by atoms with Gasteiger partial charge in [0.05, 0.1) is 0 Å². The van der Waals surface area contributed by atoms with Crippen molar-refractivity contribution in [2.75, 3.05) is 0 Å². The third-order valence-corrected chi connectivity index (χ3v) is 1.99. The average Bonchev–Trinajstić information content (AvgIpc) is 2.25. The zero-order valence-electron chi connectivity index (χ0n) is 12.0. The minimum Gasteiger partial charge on any atom is -0.455 e. The molecule has 0 aromatic carbocycles. The van der Waals surface area contributed by atoms with Crippen molar-refractivity contribution in [2.45, 2.75) is 47.5 Å². The van der Waals surface area contributed by atoms with Gasteiger partial charge >= 0.3 is 31.1 Å². The van der Waals surface area contributed by atoms with Crippen LogP contribution >= 0.6 is 0 Å². The third-order valence-electron chi connectivity index (χ3n) is 1.99. The zero-order valence-corrected chi connectivity index (χ0v) is 16.1. The van der Waals surface area contributed by atoms with Crippen molar-refractivity contribution in [3.05, 3.63) is 31.0 Å². The molecule has 0 aliphatic rings. The van der Waals surface area contributed by atoms with Crippen LogP contribution in [0.2, 0.25) is 0 Å². The summed E-state index contributed by atoms with van der Waals surface area (Å²) in [4.78, 5) is 8.64. The molecule has 3 heteroatoms. The van der Waals surface area contributed by atoms with Crippen LogP contribution in [-0.4, -0.2) is 11.9 Å². The Kier molecular flexibility index (Phi) is 18.1. The molecule has 0 aromatic heterocycles. The van der Waals surface area contributed by atoms with Crippen LogP contribution in [0.15, 0.2) is 33.5 Å². The van der Waals surface area contributed by atoms with Crippen molar-refractivity contribution >= 4 is 11.9 Å². The van der Waals surface area contributed by atoms with Crippen molar-refractivity contribution in [1.29, 1.82) is 0 Å². The largest absolute Gasteiger partial charge is 2.00 e. The predicted octanol–water partition coefficient (Wildman–Crippen LogP) is 4.47. The van der Waals surface area contributed by atoms with E-state index in [9.17, 15) is 0 Å². The number of rotatable bonds is 5. The van der Waals surface area contributed by atoms with E-state index in [-0.39, 0.29) is 38.5 Å². The van der Waals surface area contributed by atoms with Crippen molar-refractivity contribution in [2.24, 2.45) is 9.98 Å². The summed E-state index contributed by atoms with van der Waals surface area (Å²) in [5, 5.41) is 0. The molecule has 0 amide bonds. The minimum atomic E-state index is 0. The van der Waals surface area contributed by atoms with Gasteiger partial charge in [-0.2, -0.15) is 0 Å². The molecule has 0 saturated heterocycles. The molecule has 0 saturated carbocycles. The first-order chi connectivity index (χ1) is 7.13. The van der Waals surface area contributed by atoms with E-state index in [0.29, 0.717) is 0 Å². The standard InChI is InChI=1S/C13H21N2.CH3.U/c1-6-9-13(15-12(5)8-3)10-14-11(4)7-2;;/h7-8H,6,9H2,1-5H3;1H3;/q2*-1;+2/b11-7-,12-8-,15-13?;;. The van der Waals surface area contributed by atoms with Crippen molar-refractivity contribution in [3.8, 4) is 0 Å². The molecule has 0 fully saturated rings. The quantitative estimate of drug-likeness (QED) is 0.429. The van der Waals surface area contributed by atoms with Crippen LogP contribution in [0.5, 0.6) is 0 Å². The Morgan fingerprint density at radius 3 is 2.06 bits per heavy atom.